The van der Waals surface area contributed by atoms with E-state index >= 15 is 0 Å². The van der Waals surface area contributed by atoms with Crippen LogP contribution in [0.15, 0.2) is 109 Å². The van der Waals surface area contributed by atoms with Crippen molar-refractivity contribution in [1.29, 1.82) is 0 Å². The maximum absolute atomic E-state index is 8.35. The van der Waals surface area contributed by atoms with E-state index in [4.69, 9.17) is 37.6 Å². The van der Waals surface area contributed by atoms with Gasteiger partial charge in [-0.15, -0.1) is 0 Å². The summed E-state index contributed by atoms with van der Waals surface area (Å²) in [5, 5.41) is 6.96. The van der Waals surface area contributed by atoms with E-state index in [2.05, 4.69) is 54.6 Å². The second-order valence-corrected chi connectivity index (χ2v) is 10.2. The molecule has 0 saturated carbocycles. The first-order chi connectivity index (χ1) is 22.3. The number of ether oxygens (including phenoxy) is 6. The Morgan fingerprint density at radius 3 is 0.933 bits per heavy atom. The van der Waals surface area contributed by atoms with Crippen molar-refractivity contribution in [3.63, 3.8) is 0 Å². The summed E-state index contributed by atoms with van der Waals surface area (Å²) in [6, 6.07) is 36.6. The van der Waals surface area contributed by atoms with E-state index in [0.29, 0.717) is 39.6 Å². The van der Waals surface area contributed by atoms with E-state index < -0.39 is 8.34 Å². The predicted octanol–water partition coefficient (Wildman–Crippen LogP) is 8.46. The maximum Gasteiger partial charge on any atom is 0.169 e. The first-order valence-corrected chi connectivity index (χ1v) is 15.3. The standard InChI is InChI=1S/3C12H10O2.O2P/c3*1-2-4-10-9(3-1)5-6-11-12(10)14-8-7-13-11;1-3-2/h3*1-6H,7-8H2;/q;;;+1. The molecule has 0 saturated heterocycles. The van der Waals surface area contributed by atoms with E-state index in [1.807, 2.05) is 54.6 Å². The summed E-state index contributed by atoms with van der Waals surface area (Å²) in [7, 11) is -1.08. The average molecular weight is 622 g/mol. The average Bonchev–Trinajstić information content (AvgIpc) is 3.12. The van der Waals surface area contributed by atoms with Gasteiger partial charge in [0.1, 0.15) is 39.6 Å². The molecule has 9 heteroatoms. The molecule has 3 aliphatic heterocycles. The first kappa shape index (κ1) is 30.0. The zero-order valence-electron chi connectivity index (χ0n) is 24.3. The van der Waals surface area contributed by atoms with Gasteiger partial charge in [-0.2, -0.15) is 0 Å². The van der Waals surface area contributed by atoms with Gasteiger partial charge in [-0.25, -0.2) is 0 Å². The van der Waals surface area contributed by atoms with Gasteiger partial charge in [0.15, 0.2) is 34.5 Å². The van der Waals surface area contributed by atoms with Crippen LogP contribution < -0.4 is 28.4 Å². The smallest absolute Gasteiger partial charge is 0.169 e. The maximum atomic E-state index is 8.35. The molecule has 0 unspecified atom stereocenters. The van der Waals surface area contributed by atoms with Crippen LogP contribution in [0.2, 0.25) is 0 Å². The molecule has 45 heavy (non-hydrogen) atoms. The van der Waals surface area contributed by atoms with Crippen molar-refractivity contribution in [1.82, 2.24) is 0 Å². The molecule has 226 valence electrons. The monoisotopic (exact) mass is 621 g/mol. The molecule has 0 aliphatic carbocycles. The molecule has 0 amide bonds. The minimum atomic E-state index is -1.08. The third kappa shape index (κ3) is 6.87. The quantitative estimate of drug-likeness (QED) is 0.156. The second kappa shape index (κ2) is 14.6. The zero-order chi connectivity index (χ0) is 30.8. The summed E-state index contributed by atoms with van der Waals surface area (Å²) in [6.07, 6.45) is 0. The summed E-state index contributed by atoms with van der Waals surface area (Å²) in [6.45, 7) is 3.85. The minimum Gasteiger partial charge on any atom is -0.486 e. The van der Waals surface area contributed by atoms with Gasteiger partial charge in [-0.05, 0) is 34.4 Å². The Hall–Kier alpha value is -5.07. The summed E-state index contributed by atoms with van der Waals surface area (Å²) in [5.41, 5.74) is 0. The van der Waals surface area contributed by atoms with Gasteiger partial charge in [0.05, 0.1) is 0 Å². The Kier molecular flexibility index (Phi) is 9.73. The molecule has 3 heterocycles. The van der Waals surface area contributed by atoms with E-state index in [1.54, 1.807) is 0 Å². The van der Waals surface area contributed by atoms with Crippen LogP contribution in [-0.4, -0.2) is 39.6 Å². The van der Waals surface area contributed by atoms with Crippen LogP contribution in [0.4, 0.5) is 0 Å². The van der Waals surface area contributed by atoms with E-state index in [9.17, 15) is 0 Å². The third-order valence-corrected chi connectivity index (χ3v) is 7.29. The topological polar surface area (TPSA) is 89.5 Å². The normalized spacial score (nSPS) is 13.5. The second-order valence-electron chi connectivity index (χ2n) is 10.0. The van der Waals surface area contributed by atoms with Gasteiger partial charge in [-0.1, -0.05) is 91.0 Å². The Morgan fingerprint density at radius 2 is 0.622 bits per heavy atom. The predicted molar refractivity (Wildman–Crippen MR) is 173 cm³/mol. The summed E-state index contributed by atoms with van der Waals surface area (Å²) >= 11 is 0. The molecule has 8 nitrogen and oxygen atoms in total. The van der Waals surface area contributed by atoms with Gasteiger partial charge in [0, 0.05) is 16.2 Å². The van der Waals surface area contributed by atoms with Crippen LogP contribution in [0.25, 0.3) is 32.3 Å². The molecule has 0 fully saturated rings. The minimum absolute atomic E-state index is 0.640. The number of fused-ring (bicyclic) bond motifs is 9. The largest absolute Gasteiger partial charge is 0.486 e. The Morgan fingerprint density at radius 1 is 0.356 bits per heavy atom. The Bertz CT molecular complexity index is 1750. The fourth-order valence-corrected chi connectivity index (χ4v) is 5.34. The van der Waals surface area contributed by atoms with Crippen molar-refractivity contribution in [2.45, 2.75) is 0 Å². The fraction of sp³-hybridized carbons (Fsp3) is 0.167. The van der Waals surface area contributed by atoms with Crippen molar-refractivity contribution in [2.24, 2.45) is 0 Å². The van der Waals surface area contributed by atoms with Crippen LogP contribution in [0.5, 0.6) is 34.5 Å². The molecular weight excluding hydrogens is 591 g/mol. The third-order valence-electron chi connectivity index (χ3n) is 7.29. The van der Waals surface area contributed by atoms with Crippen LogP contribution in [-0.2, 0) is 9.13 Å². The van der Waals surface area contributed by atoms with Crippen LogP contribution in [0.1, 0.15) is 0 Å². The zero-order valence-corrected chi connectivity index (χ0v) is 25.2. The molecular formula is C36H30O8P+. The molecule has 6 aromatic carbocycles. The summed E-state index contributed by atoms with van der Waals surface area (Å²) < 4.78 is 50.0. The van der Waals surface area contributed by atoms with Crippen LogP contribution in [0.3, 0.4) is 0 Å². The van der Waals surface area contributed by atoms with E-state index in [1.165, 1.54) is 16.2 Å². The van der Waals surface area contributed by atoms with Crippen molar-refractivity contribution in [2.75, 3.05) is 39.6 Å². The van der Waals surface area contributed by atoms with Crippen molar-refractivity contribution in [3.8, 4) is 34.5 Å². The summed E-state index contributed by atoms with van der Waals surface area (Å²) in [4.78, 5) is 0. The molecule has 9 rings (SSSR count). The molecule has 3 aliphatic rings. The van der Waals surface area contributed by atoms with Gasteiger partial charge in [0.2, 0.25) is 0 Å². The fourth-order valence-electron chi connectivity index (χ4n) is 5.34. The number of benzene rings is 6. The first-order valence-electron chi connectivity index (χ1n) is 14.5. The number of hydrogen-bond acceptors (Lipinski definition) is 8. The van der Waals surface area contributed by atoms with Crippen LogP contribution in [0, 0.1) is 0 Å². The van der Waals surface area contributed by atoms with E-state index in [-0.39, 0.29) is 0 Å². The number of hydrogen-bond donors (Lipinski definition) is 0. The van der Waals surface area contributed by atoms with Crippen LogP contribution >= 0.6 is 8.34 Å². The van der Waals surface area contributed by atoms with E-state index in [0.717, 1.165) is 50.7 Å². The molecule has 0 bridgehead atoms. The Labute approximate surface area is 261 Å². The van der Waals surface area contributed by atoms with Crippen molar-refractivity contribution >= 4 is 40.7 Å². The van der Waals surface area contributed by atoms with Crippen molar-refractivity contribution < 1.29 is 37.6 Å². The molecule has 0 spiro atoms. The molecule has 0 N–H and O–H groups in total. The molecule has 0 atom stereocenters. The molecule has 6 aromatic rings. The molecule has 0 aromatic heterocycles. The SMILES string of the molecule is O=[P+]=O.c1ccc2c3c(ccc2c1)OCCO3.c1ccc2c3c(ccc2c1)OCCO3.c1ccc2c3c(ccc2c1)OCCO3. The number of rotatable bonds is 0. The Balaban J connectivity index is 0.000000114. The van der Waals surface area contributed by atoms with Crippen molar-refractivity contribution in [3.05, 3.63) is 109 Å². The molecule has 0 radical (unpaired) electrons. The van der Waals surface area contributed by atoms with Gasteiger partial charge in [0.25, 0.3) is 0 Å². The van der Waals surface area contributed by atoms with Gasteiger partial charge in [-0.3, -0.25) is 0 Å². The summed E-state index contributed by atoms with van der Waals surface area (Å²) in [5.74, 6) is 5.22. The van der Waals surface area contributed by atoms with Gasteiger partial charge < -0.3 is 28.4 Å². The van der Waals surface area contributed by atoms with Gasteiger partial charge >= 0.3 is 17.5 Å².